The van der Waals surface area contributed by atoms with Crippen molar-refractivity contribution in [3.05, 3.63) is 35.4 Å². The second-order valence-corrected chi connectivity index (χ2v) is 5.10. The molecule has 1 aliphatic heterocycles. The predicted octanol–water partition coefficient (Wildman–Crippen LogP) is 2.99. The van der Waals surface area contributed by atoms with Crippen LogP contribution in [0.4, 0.5) is 0 Å². The highest BCUT2D eigenvalue weighted by Gasteiger charge is 2.26. The molecule has 0 bridgehead atoms. The summed E-state index contributed by atoms with van der Waals surface area (Å²) in [5.74, 6) is 0. The fraction of sp³-hybridized carbons (Fsp3) is 0.571. The Hall–Kier alpha value is -0.820. The van der Waals surface area contributed by atoms with E-state index in [1.54, 1.807) is 0 Å². The molecule has 1 heterocycles. The summed E-state index contributed by atoms with van der Waals surface area (Å²) in [5, 5.41) is 0. The van der Waals surface area contributed by atoms with Gasteiger partial charge in [0.25, 0.3) is 0 Å². The number of aryl methyl sites for hydroxylation is 1. The zero-order valence-corrected chi connectivity index (χ0v) is 10.00. The minimum atomic E-state index is 1.15. The molecule has 2 rings (SSSR count). The van der Waals surface area contributed by atoms with Gasteiger partial charge in [-0.05, 0) is 12.0 Å². The van der Waals surface area contributed by atoms with Crippen LogP contribution in [-0.4, -0.2) is 24.6 Å². The van der Waals surface area contributed by atoms with Gasteiger partial charge in [0.15, 0.2) is 0 Å². The summed E-state index contributed by atoms with van der Waals surface area (Å²) < 4.78 is 1.24. The Bertz CT molecular complexity index is 307. The molecular formula is C14H22N+. The van der Waals surface area contributed by atoms with Gasteiger partial charge in [0, 0.05) is 18.4 Å². The van der Waals surface area contributed by atoms with E-state index < -0.39 is 0 Å². The first-order valence-electron chi connectivity index (χ1n) is 6.13. The third-order valence-electron chi connectivity index (χ3n) is 3.64. The number of likely N-dealkylation sites (tertiary alicyclic amines) is 1. The van der Waals surface area contributed by atoms with Gasteiger partial charge in [-0.2, -0.15) is 0 Å². The Morgan fingerprint density at radius 1 is 1.00 bits per heavy atom. The molecule has 1 heteroatoms. The summed E-state index contributed by atoms with van der Waals surface area (Å²) >= 11 is 0. The lowest BCUT2D eigenvalue weighted by atomic mass is 10.1. The first-order valence-corrected chi connectivity index (χ1v) is 6.13. The quantitative estimate of drug-likeness (QED) is 0.664. The van der Waals surface area contributed by atoms with E-state index in [9.17, 15) is 0 Å². The van der Waals surface area contributed by atoms with E-state index in [0.717, 1.165) is 6.42 Å². The molecule has 0 spiro atoms. The average molecular weight is 204 g/mol. The van der Waals surface area contributed by atoms with Crippen molar-refractivity contribution in [2.75, 3.05) is 20.1 Å². The van der Waals surface area contributed by atoms with Gasteiger partial charge in [-0.25, -0.2) is 0 Å². The maximum Gasteiger partial charge on any atom is 0.104 e. The number of quaternary nitrogens is 1. The maximum atomic E-state index is 2.39. The van der Waals surface area contributed by atoms with Gasteiger partial charge in [-0.1, -0.05) is 31.2 Å². The van der Waals surface area contributed by atoms with Crippen LogP contribution in [0.25, 0.3) is 0 Å². The molecule has 0 radical (unpaired) electrons. The Morgan fingerprint density at radius 2 is 1.53 bits per heavy atom. The van der Waals surface area contributed by atoms with Gasteiger partial charge in [0.05, 0.1) is 20.1 Å². The van der Waals surface area contributed by atoms with Crippen molar-refractivity contribution in [3.63, 3.8) is 0 Å². The molecule has 82 valence electrons. The van der Waals surface area contributed by atoms with Crippen molar-refractivity contribution in [2.24, 2.45) is 0 Å². The lowest BCUT2D eigenvalue weighted by molar-refractivity contribution is -0.910. The first kappa shape index (κ1) is 10.7. The predicted molar refractivity (Wildman–Crippen MR) is 64.7 cm³/mol. The fourth-order valence-corrected chi connectivity index (χ4v) is 2.58. The Morgan fingerprint density at radius 3 is 2.07 bits per heavy atom. The molecule has 1 aromatic carbocycles. The van der Waals surface area contributed by atoms with Crippen LogP contribution in [0.15, 0.2) is 24.3 Å². The molecule has 0 atom stereocenters. The van der Waals surface area contributed by atoms with Crippen molar-refractivity contribution in [1.82, 2.24) is 0 Å². The smallest absolute Gasteiger partial charge is 0.104 e. The number of hydrogen-bond acceptors (Lipinski definition) is 0. The van der Waals surface area contributed by atoms with E-state index in [1.807, 2.05) is 0 Å². The van der Waals surface area contributed by atoms with Crippen LogP contribution in [0.2, 0.25) is 0 Å². The molecule has 1 fully saturated rings. The standard InChI is InChI=1S/C14H22N/c1-3-13-6-8-14(9-7-13)12-15(2)10-4-5-11-15/h6-9H,3-5,10-12H2,1-2H3/q+1. The molecule has 0 saturated carbocycles. The van der Waals surface area contributed by atoms with Crippen LogP contribution in [0.1, 0.15) is 30.9 Å². The van der Waals surface area contributed by atoms with Gasteiger partial charge in [0.1, 0.15) is 6.54 Å². The molecular weight excluding hydrogens is 182 g/mol. The number of nitrogens with zero attached hydrogens (tertiary/aromatic N) is 1. The van der Waals surface area contributed by atoms with E-state index in [-0.39, 0.29) is 0 Å². The van der Waals surface area contributed by atoms with Crippen molar-refractivity contribution >= 4 is 0 Å². The van der Waals surface area contributed by atoms with Crippen LogP contribution in [0.3, 0.4) is 0 Å². The maximum absolute atomic E-state index is 2.39. The molecule has 1 aromatic rings. The van der Waals surface area contributed by atoms with Crippen molar-refractivity contribution in [2.45, 2.75) is 32.7 Å². The van der Waals surface area contributed by atoms with Gasteiger partial charge in [0.2, 0.25) is 0 Å². The van der Waals surface area contributed by atoms with Gasteiger partial charge in [-0.15, -0.1) is 0 Å². The monoisotopic (exact) mass is 204 g/mol. The van der Waals surface area contributed by atoms with Crippen molar-refractivity contribution < 1.29 is 4.48 Å². The Balaban J connectivity index is 2.04. The second kappa shape index (κ2) is 4.36. The molecule has 0 amide bonds. The lowest BCUT2D eigenvalue weighted by Crippen LogP contribution is -2.39. The summed E-state index contributed by atoms with van der Waals surface area (Å²) in [7, 11) is 2.39. The molecule has 1 nitrogen and oxygen atoms in total. The summed E-state index contributed by atoms with van der Waals surface area (Å²) in [6.07, 6.45) is 3.96. The van der Waals surface area contributed by atoms with Crippen LogP contribution in [0.5, 0.6) is 0 Å². The van der Waals surface area contributed by atoms with Gasteiger partial charge >= 0.3 is 0 Å². The highest BCUT2D eigenvalue weighted by molar-refractivity contribution is 5.21. The third-order valence-corrected chi connectivity index (χ3v) is 3.64. The molecule has 0 aliphatic carbocycles. The van der Waals surface area contributed by atoms with E-state index in [4.69, 9.17) is 0 Å². The van der Waals surface area contributed by atoms with Gasteiger partial charge in [-0.3, -0.25) is 0 Å². The van der Waals surface area contributed by atoms with Crippen LogP contribution < -0.4 is 0 Å². The summed E-state index contributed by atoms with van der Waals surface area (Å²) in [6.45, 7) is 6.14. The third kappa shape index (κ3) is 2.60. The van der Waals surface area contributed by atoms with Crippen LogP contribution in [-0.2, 0) is 13.0 Å². The van der Waals surface area contributed by atoms with E-state index in [0.29, 0.717) is 0 Å². The van der Waals surface area contributed by atoms with E-state index in [1.165, 1.54) is 48.1 Å². The normalized spacial score (nSPS) is 19.3. The first-order chi connectivity index (χ1) is 7.22. The summed E-state index contributed by atoms with van der Waals surface area (Å²) in [6, 6.07) is 9.16. The van der Waals surface area contributed by atoms with Gasteiger partial charge < -0.3 is 4.48 Å². The van der Waals surface area contributed by atoms with Crippen LogP contribution >= 0.6 is 0 Å². The topological polar surface area (TPSA) is 0 Å². The van der Waals surface area contributed by atoms with Crippen molar-refractivity contribution in [3.8, 4) is 0 Å². The minimum Gasteiger partial charge on any atom is -0.322 e. The Labute approximate surface area is 93.3 Å². The molecule has 1 saturated heterocycles. The number of hydrogen-bond donors (Lipinski definition) is 0. The highest BCUT2D eigenvalue weighted by Crippen LogP contribution is 2.20. The second-order valence-electron chi connectivity index (χ2n) is 5.10. The van der Waals surface area contributed by atoms with E-state index in [2.05, 4.69) is 38.2 Å². The van der Waals surface area contributed by atoms with Crippen molar-refractivity contribution in [1.29, 1.82) is 0 Å². The Kier molecular flexibility index (Phi) is 3.11. The average Bonchev–Trinajstić information content (AvgIpc) is 2.66. The molecule has 15 heavy (non-hydrogen) atoms. The highest BCUT2D eigenvalue weighted by atomic mass is 15.3. The zero-order chi connectivity index (χ0) is 10.7. The van der Waals surface area contributed by atoms with E-state index >= 15 is 0 Å². The SMILES string of the molecule is CCc1ccc(C[N+]2(C)CCCC2)cc1. The molecule has 0 N–H and O–H groups in total. The van der Waals surface area contributed by atoms with Crippen LogP contribution in [0, 0.1) is 0 Å². The molecule has 0 aromatic heterocycles. The minimum absolute atomic E-state index is 1.15. The number of rotatable bonds is 3. The fourth-order valence-electron chi connectivity index (χ4n) is 2.58. The lowest BCUT2D eigenvalue weighted by Gasteiger charge is -2.29. The largest absolute Gasteiger partial charge is 0.322 e. The zero-order valence-electron chi connectivity index (χ0n) is 10.00. The summed E-state index contributed by atoms with van der Waals surface area (Å²) in [5.41, 5.74) is 2.94. The molecule has 0 unspecified atom stereocenters. The molecule has 1 aliphatic rings. The number of benzene rings is 1. The summed E-state index contributed by atoms with van der Waals surface area (Å²) in [4.78, 5) is 0.